The van der Waals surface area contributed by atoms with Crippen molar-refractivity contribution in [2.45, 2.75) is 18.9 Å². The Labute approximate surface area is 141 Å². The average Bonchev–Trinajstić information content (AvgIpc) is 2.98. The van der Waals surface area contributed by atoms with E-state index >= 15 is 0 Å². The molecule has 7 heteroatoms. The van der Waals surface area contributed by atoms with Crippen LogP contribution in [-0.2, 0) is 6.54 Å². The van der Waals surface area contributed by atoms with Gasteiger partial charge in [-0.05, 0) is 23.6 Å². The molecule has 1 saturated carbocycles. The number of nitrogens with zero attached hydrogens (tertiary/aromatic N) is 2. The second-order valence-electron chi connectivity index (χ2n) is 5.78. The lowest BCUT2D eigenvalue weighted by Crippen LogP contribution is -2.09. The Morgan fingerprint density at radius 2 is 2.04 bits per heavy atom. The van der Waals surface area contributed by atoms with E-state index in [0.717, 1.165) is 10.9 Å². The monoisotopic (exact) mass is 347 g/mol. The number of aromatic nitrogens is 2. The van der Waals surface area contributed by atoms with E-state index in [4.69, 9.17) is 4.74 Å². The number of ether oxygens (including phenoxy) is 1. The number of fused-ring (bicyclic) bond motifs is 1. The number of thiophene rings is 1. The van der Waals surface area contributed by atoms with E-state index < -0.39 is 11.8 Å². The highest BCUT2D eigenvalue weighted by Crippen LogP contribution is 2.48. The van der Waals surface area contributed by atoms with E-state index in [9.17, 15) is 8.78 Å². The summed E-state index contributed by atoms with van der Waals surface area (Å²) in [5.74, 6) is -2.68. The van der Waals surface area contributed by atoms with Crippen LogP contribution in [0.25, 0.3) is 10.9 Å². The molecule has 4 nitrogen and oxygen atoms in total. The fourth-order valence-corrected chi connectivity index (χ4v) is 3.11. The van der Waals surface area contributed by atoms with E-state index in [-0.39, 0.29) is 19.0 Å². The molecular weight excluding hydrogens is 332 g/mol. The molecule has 0 saturated heterocycles. The molecule has 1 aliphatic rings. The van der Waals surface area contributed by atoms with Gasteiger partial charge in [0, 0.05) is 16.7 Å². The number of alkyl halides is 2. The molecule has 1 atom stereocenters. The predicted octanol–water partition coefficient (Wildman–Crippen LogP) is 4.34. The van der Waals surface area contributed by atoms with Crippen molar-refractivity contribution in [3.8, 4) is 6.01 Å². The van der Waals surface area contributed by atoms with Gasteiger partial charge >= 0.3 is 6.01 Å². The van der Waals surface area contributed by atoms with E-state index in [1.54, 1.807) is 11.3 Å². The van der Waals surface area contributed by atoms with Crippen LogP contribution in [0, 0.1) is 5.92 Å². The van der Waals surface area contributed by atoms with Gasteiger partial charge in [-0.3, -0.25) is 0 Å². The van der Waals surface area contributed by atoms with Crippen LogP contribution >= 0.6 is 11.3 Å². The molecule has 2 aromatic heterocycles. The van der Waals surface area contributed by atoms with Crippen LogP contribution in [0.1, 0.15) is 11.3 Å². The van der Waals surface area contributed by atoms with Gasteiger partial charge in [0.2, 0.25) is 0 Å². The van der Waals surface area contributed by atoms with Crippen molar-refractivity contribution in [1.82, 2.24) is 9.97 Å². The van der Waals surface area contributed by atoms with Gasteiger partial charge in [0.05, 0.1) is 18.0 Å². The summed E-state index contributed by atoms with van der Waals surface area (Å²) < 4.78 is 31.4. The van der Waals surface area contributed by atoms with Crippen LogP contribution < -0.4 is 10.1 Å². The lowest BCUT2D eigenvalue weighted by molar-refractivity contribution is 0.0843. The molecule has 1 aromatic carbocycles. The van der Waals surface area contributed by atoms with Crippen LogP contribution in [0.3, 0.4) is 0 Å². The van der Waals surface area contributed by atoms with Crippen molar-refractivity contribution in [3.05, 3.63) is 46.7 Å². The second-order valence-corrected chi connectivity index (χ2v) is 6.81. The van der Waals surface area contributed by atoms with Gasteiger partial charge in [-0.25, -0.2) is 8.78 Å². The summed E-state index contributed by atoms with van der Waals surface area (Å²) in [7, 11) is 0. The third-order valence-electron chi connectivity index (χ3n) is 3.96. The van der Waals surface area contributed by atoms with Crippen LogP contribution in [0.15, 0.2) is 41.8 Å². The highest BCUT2D eigenvalue weighted by Gasteiger charge is 2.57. The predicted molar refractivity (Wildman–Crippen MR) is 89.7 cm³/mol. The van der Waals surface area contributed by atoms with Gasteiger partial charge in [0.25, 0.3) is 5.92 Å². The molecular formula is C17H15F2N3OS. The van der Waals surface area contributed by atoms with Gasteiger partial charge in [-0.2, -0.15) is 9.97 Å². The highest BCUT2D eigenvalue weighted by atomic mass is 32.1. The first kappa shape index (κ1) is 15.3. The maximum Gasteiger partial charge on any atom is 0.318 e. The third kappa shape index (κ3) is 3.17. The van der Waals surface area contributed by atoms with Crippen LogP contribution in [0.4, 0.5) is 14.6 Å². The number of benzene rings is 1. The van der Waals surface area contributed by atoms with Gasteiger partial charge in [0.1, 0.15) is 12.4 Å². The summed E-state index contributed by atoms with van der Waals surface area (Å²) in [5.41, 5.74) is 0.721. The largest absolute Gasteiger partial charge is 0.463 e. The lowest BCUT2D eigenvalue weighted by atomic mass is 10.2. The zero-order valence-electron chi connectivity index (χ0n) is 12.7. The number of para-hydroxylation sites is 1. The molecule has 1 fully saturated rings. The summed E-state index contributed by atoms with van der Waals surface area (Å²) in [5, 5.41) is 6.17. The summed E-state index contributed by atoms with van der Waals surface area (Å²) in [6, 6.07) is 11.7. The minimum absolute atomic E-state index is 0.0598. The Kier molecular flexibility index (Phi) is 3.80. The third-order valence-corrected chi connectivity index (χ3v) is 4.84. The number of halogens is 2. The van der Waals surface area contributed by atoms with Crippen LogP contribution in [-0.4, -0.2) is 22.5 Å². The molecule has 124 valence electrons. The molecule has 0 radical (unpaired) electrons. The molecule has 24 heavy (non-hydrogen) atoms. The number of hydrogen-bond acceptors (Lipinski definition) is 5. The Morgan fingerprint density at radius 3 is 2.79 bits per heavy atom. The lowest BCUT2D eigenvalue weighted by Gasteiger charge is -2.10. The first-order chi connectivity index (χ1) is 11.6. The van der Waals surface area contributed by atoms with E-state index in [1.165, 1.54) is 4.88 Å². The first-order valence-corrected chi connectivity index (χ1v) is 8.53. The molecule has 0 aliphatic heterocycles. The number of anilines is 1. The van der Waals surface area contributed by atoms with Crippen molar-refractivity contribution in [2.75, 3.05) is 11.9 Å². The molecule has 1 unspecified atom stereocenters. The zero-order valence-corrected chi connectivity index (χ0v) is 13.5. The number of rotatable bonds is 6. The fourth-order valence-electron chi connectivity index (χ4n) is 2.46. The molecule has 0 amide bonds. The van der Waals surface area contributed by atoms with Crippen molar-refractivity contribution >= 4 is 28.1 Å². The molecule has 2 heterocycles. The van der Waals surface area contributed by atoms with E-state index in [1.807, 2.05) is 41.8 Å². The van der Waals surface area contributed by atoms with Gasteiger partial charge < -0.3 is 10.1 Å². The Balaban J connectivity index is 1.56. The van der Waals surface area contributed by atoms with Gasteiger partial charge in [0.15, 0.2) is 0 Å². The van der Waals surface area contributed by atoms with Crippen molar-refractivity contribution < 1.29 is 13.5 Å². The average molecular weight is 347 g/mol. The van der Waals surface area contributed by atoms with Gasteiger partial charge in [-0.15, -0.1) is 11.3 Å². The van der Waals surface area contributed by atoms with Crippen LogP contribution in [0.2, 0.25) is 0 Å². The summed E-state index contributed by atoms with van der Waals surface area (Å²) >= 11 is 1.65. The standard InChI is InChI=1S/C17H15F2N3OS/c18-17(19)8-11(17)10-23-16-21-14-6-2-1-5-13(14)15(22-16)20-9-12-4-3-7-24-12/h1-7,11H,8-10H2,(H,20,21,22). The van der Waals surface area contributed by atoms with Crippen molar-refractivity contribution in [2.24, 2.45) is 5.92 Å². The van der Waals surface area contributed by atoms with E-state index in [2.05, 4.69) is 15.3 Å². The highest BCUT2D eigenvalue weighted by molar-refractivity contribution is 7.09. The minimum Gasteiger partial charge on any atom is -0.463 e. The normalized spacial score (nSPS) is 18.5. The van der Waals surface area contributed by atoms with Crippen molar-refractivity contribution in [1.29, 1.82) is 0 Å². The minimum atomic E-state index is -2.60. The summed E-state index contributed by atoms with van der Waals surface area (Å²) in [6.07, 6.45) is -0.121. The Hall–Kier alpha value is -2.28. The van der Waals surface area contributed by atoms with Crippen LogP contribution in [0.5, 0.6) is 6.01 Å². The molecule has 0 bridgehead atoms. The molecule has 1 aliphatic carbocycles. The molecule has 4 rings (SSSR count). The molecule has 0 spiro atoms. The molecule has 1 N–H and O–H groups in total. The number of hydrogen-bond donors (Lipinski definition) is 1. The fraction of sp³-hybridized carbons (Fsp3) is 0.294. The smallest absolute Gasteiger partial charge is 0.318 e. The SMILES string of the molecule is FC1(F)CC1COc1nc(NCc2cccs2)c2ccccc2n1. The number of nitrogens with one attached hydrogen (secondary N) is 1. The zero-order chi connectivity index (χ0) is 16.6. The summed E-state index contributed by atoms with van der Waals surface area (Å²) in [4.78, 5) is 9.85. The summed E-state index contributed by atoms with van der Waals surface area (Å²) in [6.45, 7) is 0.578. The quantitative estimate of drug-likeness (QED) is 0.721. The second kappa shape index (κ2) is 5.98. The Morgan fingerprint density at radius 1 is 1.21 bits per heavy atom. The topological polar surface area (TPSA) is 47.0 Å². The molecule has 3 aromatic rings. The van der Waals surface area contributed by atoms with E-state index in [0.29, 0.717) is 12.4 Å². The van der Waals surface area contributed by atoms with Gasteiger partial charge in [-0.1, -0.05) is 18.2 Å². The maximum atomic E-state index is 13.0. The van der Waals surface area contributed by atoms with Crippen molar-refractivity contribution in [3.63, 3.8) is 0 Å². The first-order valence-electron chi connectivity index (χ1n) is 7.65. The maximum absolute atomic E-state index is 13.0. The Bertz CT molecular complexity index is 854.